The number of hydrogen-bond donors (Lipinski definition) is 1. The topological polar surface area (TPSA) is 93.9 Å². The van der Waals surface area contributed by atoms with Gasteiger partial charge in [0.25, 0.3) is 0 Å². The lowest BCUT2D eigenvalue weighted by molar-refractivity contribution is 0.170. The molecule has 0 aromatic carbocycles. The zero-order chi connectivity index (χ0) is 25.1. The maximum absolute atomic E-state index is 5.72. The van der Waals surface area contributed by atoms with E-state index < -0.39 is 0 Å². The van der Waals surface area contributed by atoms with Gasteiger partial charge in [-0.05, 0) is 56.9 Å². The molecule has 0 spiro atoms. The average Bonchev–Trinajstić information content (AvgIpc) is 3.37. The lowest BCUT2D eigenvalue weighted by atomic mass is 9.93. The first-order valence-electron chi connectivity index (χ1n) is 12.6. The smallest absolute Gasteiger partial charge is 0.213 e. The Morgan fingerprint density at radius 2 is 2.08 bits per heavy atom. The molecule has 0 amide bonds. The van der Waals surface area contributed by atoms with E-state index in [4.69, 9.17) is 20.5 Å². The molecule has 3 aromatic heterocycles. The Kier molecular flexibility index (Phi) is 6.84. The van der Waals surface area contributed by atoms with Crippen molar-refractivity contribution >= 4 is 17.1 Å². The van der Waals surface area contributed by atoms with Crippen LogP contribution in [0.2, 0.25) is 0 Å². The van der Waals surface area contributed by atoms with Crippen LogP contribution in [0.4, 0.5) is 0 Å². The zero-order valence-corrected chi connectivity index (χ0v) is 21.0. The third-order valence-corrected chi connectivity index (χ3v) is 7.04. The number of likely N-dealkylation sites (tertiary alicyclic amines) is 1. The number of pyridine rings is 1. The van der Waals surface area contributed by atoms with Gasteiger partial charge in [0.1, 0.15) is 0 Å². The predicted octanol–water partition coefficient (Wildman–Crippen LogP) is 5.18. The Bertz CT molecular complexity index is 1340. The maximum Gasteiger partial charge on any atom is 0.213 e. The lowest BCUT2D eigenvalue weighted by Crippen LogP contribution is -2.34. The van der Waals surface area contributed by atoms with E-state index >= 15 is 0 Å². The average molecular weight is 484 g/mol. The second-order valence-electron chi connectivity index (χ2n) is 9.34. The van der Waals surface area contributed by atoms with Crippen LogP contribution in [0.3, 0.4) is 0 Å². The van der Waals surface area contributed by atoms with Crippen LogP contribution >= 0.6 is 0 Å². The molecule has 1 aliphatic carbocycles. The number of nitrogens with two attached hydrogens (primary N) is 1. The van der Waals surface area contributed by atoms with Gasteiger partial charge in [0.2, 0.25) is 5.90 Å². The molecule has 0 bridgehead atoms. The number of aromatic nitrogens is 4. The summed E-state index contributed by atoms with van der Waals surface area (Å²) < 4.78 is 7.64. The van der Waals surface area contributed by atoms with Crippen molar-refractivity contribution in [3.63, 3.8) is 0 Å². The molecule has 4 heterocycles. The van der Waals surface area contributed by atoms with Gasteiger partial charge in [-0.25, -0.2) is 9.50 Å². The summed E-state index contributed by atoms with van der Waals surface area (Å²) in [7, 11) is 0. The largest absolute Gasteiger partial charge is 0.426 e. The van der Waals surface area contributed by atoms with E-state index in [9.17, 15) is 0 Å². The first-order chi connectivity index (χ1) is 17.6. The van der Waals surface area contributed by atoms with Crippen molar-refractivity contribution in [3.8, 4) is 11.1 Å². The van der Waals surface area contributed by atoms with Crippen molar-refractivity contribution in [3.05, 3.63) is 78.4 Å². The number of ether oxygens (including phenoxy) is 1. The molecule has 5 rings (SSSR count). The molecule has 3 aromatic rings. The van der Waals surface area contributed by atoms with E-state index in [1.165, 1.54) is 5.57 Å². The number of rotatable bonds is 6. The van der Waals surface area contributed by atoms with Crippen LogP contribution in [0.15, 0.2) is 66.4 Å². The molecule has 36 heavy (non-hydrogen) atoms. The highest BCUT2D eigenvalue weighted by Gasteiger charge is 2.25. The molecule has 0 atom stereocenters. The summed E-state index contributed by atoms with van der Waals surface area (Å²) in [5.41, 5.74) is 7.40. The summed E-state index contributed by atoms with van der Waals surface area (Å²) in [6, 6.07) is 6.39. The van der Waals surface area contributed by atoms with Gasteiger partial charge in [-0.3, -0.25) is 4.98 Å². The molecule has 8 heteroatoms. The van der Waals surface area contributed by atoms with Crippen LogP contribution < -0.4 is 5.84 Å². The molecule has 8 nitrogen and oxygen atoms in total. The fraction of sp³-hybridized carbons (Fsp3) is 0.357. The predicted molar refractivity (Wildman–Crippen MR) is 143 cm³/mol. The minimum atomic E-state index is 0.362. The van der Waals surface area contributed by atoms with Gasteiger partial charge in [0.05, 0.1) is 11.9 Å². The highest BCUT2D eigenvalue weighted by Crippen LogP contribution is 2.32. The highest BCUT2D eigenvalue weighted by atomic mass is 16.5. The Morgan fingerprint density at radius 1 is 1.25 bits per heavy atom. The number of fused-ring (bicyclic) bond motifs is 1. The van der Waals surface area contributed by atoms with Gasteiger partial charge in [-0.15, -0.1) is 5.10 Å². The zero-order valence-electron chi connectivity index (χ0n) is 21.0. The Morgan fingerprint density at radius 3 is 2.75 bits per heavy atom. The Hall–Kier alpha value is -3.94. The van der Waals surface area contributed by atoms with Crippen molar-refractivity contribution in [2.75, 3.05) is 13.1 Å². The Labute approximate surface area is 211 Å². The maximum atomic E-state index is 5.72. The minimum Gasteiger partial charge on any atom is -0.426 e. The highest BCUT2D eigenvalue weighted by molar-refractivity contribution is 5.78. The third kappa shape index (κ3) is 4.76. The molecule has 1 fully saturated rings. The molecule has 1 aliphatic heterocycles. The van der Waals surface area contributed by atoms with Gasteiger partial charge >= 0.3 is 0 Å². The number of hydrazone groups is 1. The second kappa shape index (κ2) is 10.4. The van der Waals surface area contributed by atoms with Crippen LogP contribution in [-0.4, -0.2) is 43.5 Å². The molecular weight excluding hydrogens is 450 g/mol. The molecule has 2 aliphatic rings. The SMILES string of the molecule is C=C(OC(CC)=NN)N1CCC(c2cc(C)n3ncc(-c4ccc(C5=CC=CCC5)nc4)c3n2)CC1. The van der Waals surface area contributed by atoms with E-state index in [1.807, 2.05) is 23.8 Å². The summed E-state index contributed by atoms with van der Waals surface area (Å²) in [4.78, 5) is 12.0. The number of hydrogen-bond acceptors (Lipinski definition) is 7. The monoisotopic (exact) mass is 483 g/mol. The van der Waals surface area contributed by atoms with Gasteiger partial charge in [0, 0.05) is 54.1 Å². The Balaban J connectivity index is 1.34. The van der Waals surface area contributed by atoms with Crippen molar-refractivity contribution in [2.45, 2.75) is 51.9 Å². The van der Waals surface area contributed by atoms with Crippen LogP contribution in [0, 0.1) is 6.92 Å². The van der Waals surface area contributed by atoms with E-state index in [0.717, 1.165) is 72.6 Å². The quantitative estimate of drug-likeness (QED) is 0.171. The van der Waals surface area contributed by atoms with Crippen molar-refractivity contribution in [1.82, 2.24) is 24.5 Å². The number of aryl methyl sites for hydroxylation is 1. The standard InChI is InChI=1S/C28H33N7O/c1-4-27(33-29)36-20(3)34-14-12-22(13-15-34)26-16-19(2)35-28(32-26)24(18-31-35)23-10-11-25(30-17-23)21-8-6-5-7-9-21/h5-6,8,10-11,16-18,22H,3-4,7,9,12-15,29H2,1-2H3. The van der Waals surface area contributed by atoms with Crippen LogP contribution in [0.1, 0.15) is 62.0 Å². The van der Waals surface area contributed by atoms with E-state index in [2.05, 4.69) is 65.0 Å². The van der Waals surface area contributed by atoms with E-state index in [-0.39, 0.29) is 0 Å². The van der Waals surface area contributed by atoms with Crippen molar-refractivity contribution < 1.29 is 4.74 Å². The van der Waals surface area contributed by atoms with E-state index in [1.54, 1.807) is 0 Å². The van der Waals surface area contributed by atoms with Crippen LogP contribution in [0.5, 0.6) is 0 Å². The second-order valence-corrected chi connectivity index (χ2v) is 9.34. The van der Waals surface area contributed by atoms with Gasteiger partial charge in [-0.1, -0.05) is 31.2 Å². The first-order valence-corrected chi connectivity index (χ1v) is 12.6. The number of allylic oxidation sites excluding steroid dienone is 4. The molecule has 0 saturated carbocycles. The molecule has 2 N–H and O–H groups in total. The summed E-state index contributed by atoms with van der Waals surface area (Å²) in [6.07, 6.45) is 15.0. The van der Waals surface area contributed by atoms with Gasteiger partial charge < -0.3 is 15.5 Å². The molecular formula is C28H33N7O. The third-order valence-electron chi connectivity index (χ3n) is 7.04. The molecule has 186 valence electrons. The van der Waals surface area contributed by atoms with Gasteiger partial charge in [-0.2, -0.15) is 5.10 Å². The normalized spacial score (nSPS) is 16.9. The van der Waals surface area contributed by atoms with E-state index in [0.29, 0.717) is 24.1 Å². The summed E-state index contributed by atoms with van der Waals surface area (Å²) in [5, 5.41) is 8.30. The first kappa shape index (κ1) is 23.8. The van der Waals surface area contributed by atoms with Crippen molar-refractivity contribution in [1.29, 1.82) is 0 Å². The fourth-order valence-corrected chi connectivity index (χ4v) is 4.92. The summed E-state index contributed by atoms with van der Waals surface area (Å²) >= 11 is 0. The molecule has 1 saturated heterocycles. The lowest BCUT2D eigenvalue weighted by Gasteiger charge is -2.33. The van der Waals surface area contributed by atoms with Crippen LogP contribution in [-0.2, 0) is 4.74 Å². The van der Waals surface area contributed by atoms with Crippen LogP contribution in [0.25, 0.3) is 22.3 Å². The number of piperidine rings is 1. The fourth-order valence-electron chi connectivity index (χ4n) is 4.92. The number of nitrogens with zero attached hydrogens (tertiary/aromatic N) is 6. The summed E-state index contributed by atoms with van der Waals surface area (Å²) in [6.45, 7) is 9.80. The molecule has 0 radical (unpaired) electrons. The van der Waals surface area contributed by atoms with Crippen molar-refractivity contribution in [2.24, 2.45) is 10.9 Å². The van der Waals surface area contributed by atoms with Gasteiger partial charge in [0.15, 0.2) is 11.5 Å². The summed E-state index contributed by atoms with van der Waals surface area (Å²) in [5.74, 6) is 6.85. The molecule has 0 unspecified atom stereocenters. The minimum absolute atomic E-state index is 0.362.